The fourth-order valence-electron chi connectivity index (χ4n) is 6.56. The minimum absolute atomic E-state index is 0. The topological polar surface area (TPSA) is 48.2 Å². The fraction of sp³-hybridized carbons (Fsp3) is 0.143. The molecule has 8 aromatic rings. The molecule has 0 spiro atoms. The van der Waals surface area contributed by atoms with Gasteiger partial charge in [0.05, 0.1) is 11.3 Å². The Morgan fingerprint density at radius 2 is 1.49 bits per heavy atom. The molecule has 3 heterocycles. The fourth-order valence-corrected chi connectivity index (χ4v) is 6.56. The van der Waals surface area contributed by atoms with Gasteiger partial charge in [-0.15, -0.1) is 29.1 Å². The molecule has 3 aromatic heterocycles. The van der Waals surface area contributed by atoms with Crippen LogP contribution in [0, 0.1) is 12.1 Å². The summed E-state index contributed by atoms with van der Waals surface area (Å²) in [6, 6.07) is 40.2. The minimum Gasteiger partial charge on any atom is -0.496 e. The van der Waals surface area contributed by atoms with Gasteiger partial charge in [0, 0.05) is 18.1 Å². The van der Waals surface area contributed by atoms with E-state index >= 15 is 0 Å². The molecule has 5 heteroatoms. The van der Waals surface area contributed by atoms with Crippen LogP contribution in [0.5, 0.6) is 11.5 Å². The number of furan rings is 1. The van der Waals surface area contributed by atoms with Gasteiger partial charge in [-0.05, 0) is 79.7 Å². The van der Waals surface area contributed by atoms with E-state index in [0.717, 1.165) is 60.4 Å². The van der Waals surface area contributed by atoms with Crippen LogP contribution in [-0.2, 0) is 21.1 Å². The van der Waals surface area contributed by atoms with Crippen LogP contribution in [-0.4, -0.2) is 9.97 Å². The molecule has 0 N–H and O–H groups in total. The first-order chi connectivity index (χ1) is 22.5. The second-order valence-electron chi connectivity index (χ2n) is 12.4. The molecule has 0 atom stereocenters. The summed E-state index contributed by atoms with van der Waals surface area (Å²) >= 11 is 0. The van der Waals surface area contributed by atoms with Crippen LogP contribution in [0.1, 0.15) is 50.7 Å². The van der Waals surface area contributed by atoms with Crippen molar-refractivity contribution in [2.45, 2.75) is 39.5 Å². The van der Waals surface area contributed by atoms with Gasteiger partial charge in [-0.25, -0.2) is 0 Å². The maximum absolute atomic E-state index is 6.67. The van der Waals surface area contributed by atoms with Crippen molar-refractivity contribution in [2.75, 3.05) is 0 Å². The second-order valence-corrected chi connectivity index (χ2v) is 12.4. The van der Waals surface area contributed by atoms with Crippen LogP contribution in [0.4, 0.5) is 0 Å². The third-order valence-electron chi connectivity index (χ3n) is 8.76. The van der Waals surface area contributed by atoms with E-state index in [4.69, 9.17) is 19.1 Å². The van der Waals surface area contributed by atoms with Gasteiger partial charge >= 0.3 is 21.1 Å². The van der Waals surface area contributed by atoms with E-state index in [1.54, 1.807) is 6.20 Å². The second kappa shape index (κ2) is 12.4. The smallest absolute Gasteiger partial charge is 0.496 e. The first kappa shape index (κ1) is 30.8. The van der Waals surface area contributed by atoms with Crippen LogP contribution >= 0.6 is 0 Å². The normalized spacial score (nSPS) is 11.6. The maximum atomic E-state index is 6.67. The Labute approximate surface area is 288 Å². The van der Waals surface area contributed by atoms with Gasteiger partial charge in [-0.2, -0.15) is 0 Å². The third-order valence-corrected chi connectivity index (χ3v) is 8.76. The summed E-state index contributed by atoms with van der Waals surface area (Å²) in [5.74, 6) is 1.95. The van der Waals surface area contributed by atoms with Gasteiger partial charge in [-0.1, -0.05) is 106 Å². The standard InChI is InChI=1S/C42H32N2O2.Pt/c1-25(2)31-14-8-15-32(26(3)4)39(31)29-19-21-43-36(23-29)28-10-7-12-30(22-28)45-38-24-35-33(18-17-27-11-9-20-44-41(27)35)42-40(38)34-13-5-6-16-37(34)46-42;/h5-21,23,25-26H,1-4H3;/q-2;+2. The molecule has 4 nitrogen and oxygen atoms in total. The Morgan fingerprint density at radius 3 is 2.30 bits per heavy atom. The number of hydrogen-bond donors (Lipinski definition) is 0. The number of aromatic nitrogens is 2. The first-order valence-corrected chi connectivity index (χ1v) is 15.8. The monoisotopic (exact) mass is 791 g/mol. The molecule has 0 saturated heterocycles. The quantitative estimate of drug-likeness (QED) is 0.124. The summed E-state index contributed by atoms with van der Waals surface area (Å²) in [7, 11) is 0. The van der Waals surface area contributed by atoms with E-state index < -0.39 is 0 Å². The number of nitrogens with zero attached hydrogens (tertiary/aromatic N) is 2. The zero-order chi connectivity index (χ0) is 31.4. The Bertz CT molecular complexity index is 2400. The summed E-state index contributed by atoms with van der Waals surface area (Å²) in [5.41, 5.74) is 9.24. The SMILES string of the molecule is CC(C)c1cccc(C(C)C)c1-c1ccnc(-c2[c-]c(Oc3[c-]c4c(ccc5cccnc54)c4oc5ccccc5c34)ccc2)c1.[Pt+2]. The molecule has 0 radical (unpaired) electrons. The summed E-state index contributed by atoms with van der Waals surface area (Å²) in [5, 5.41) is 4.69. The molecule has 5 aromatic carbocycles. The average Bonchev–Trinajstić information content (AvgIpc) is 3.48. The van der Waals surface area contributed by atoms with E-state index in [-0.39, 0.29) is 21.1 Å². The molecule has 0 aliphatic heterocycles. The van der Waals surface area contributed by atoms with E-state index in [0.29, 0.717) is 23.3 Å². The Hall–Kier alpha value is -4.79. The van der Waals surface area contributed by atoms with Crippen LogP contribution in [0.2, 0.25) is 0 Å². The predicted octanol–water partition coefficient (Wildman–Crippen LogP) is 11.7. The molecular weight excluding hydrogens is 760 g/mol. The minimum atomic E-state index is 0. The van der Waals surface area contributed by atoms with Crippen molar-refractivity contribution in [3.05, 3.63) is 133 Å². The third kappa shape index (κ3) is 5.41. The molecule has 0 bridgehead atoms. The molecule has 0 aliphatic rings. The van der Waals surface area contributed by atoms with Crippen LogP contribution in [0.15, 0.2) is 114 Å². The van der Waals surface area contributed by atoms with Gasteiger partial charge in [0.25, 0.3) is 0 Å². The van der Waals surface area contributed by atoms with Crippen molar-refractivity contribution in [3.8, 4) is 33.9 Å². The Balaban J connectivity index is 0.00000351. The number of para-hydroxylation sites is 1. The number of ether oxygens (including phenoxy) is 1. The van der Waals surface area contributed by atoms with Crippen LogP contribution < -0.4 is 4.74 Å². The van der Waals surface area contributed by atoms with E-state index in [2.05, 4.69) is 94.4 Å². The van der Waals surface area contributed by atoms with Crippen molar-refractivity contribution in [2.24, 2.45) is 0 Å². The summed E-state index contributed by atoms with van der Waals surface area (Å²) in [6.07, 6.45) is 3.70. The van der Waals surface area contributed by atoms with Crippen molar-refractivity contribution in [1.82, 2.24) is 9.97 Å². The van der Waals surface area contributed by atoms with E-state index in [9.17, 15) is 0 Å². The van der Waals surface area contributed by atoms with Crippen molar-refractivity contribution in [3.63, 3.8) is 0 Å². The average molecular weight is 792 g/mol. The molecule has 8 rings (SSSR count). The molecule has 232 valence electrons. The van der Waals surface area contributed by atoms with Gasteiger partial charge in [-0.3, -0.25) is 0 Å². The largest absolute Gasteiger partial charge is 2.00 e. The summed E-state index contributed by atoms with van der Waals surface area (Å²) in [6.45, 7) is 9.01. The number of benzene rings is 5. The number of rotatable bonds is 6. The zero-order valence-electron chi connectivity index (χ0n) is 26.6. The Morgan fingerprint density at radius 1 is 0.702 bits per heavy atom. The van der Waals surface area contributed by atoms with Crippen molar-refractivity contribution >= 4 is 43.6 Å². The van der Waals surface area contributed by atoms with Crippen molar-refractivity contribution < 1.29 is 30.2 Å². The summed E-state index contributed by atoms with van der Waals surface area (Å²) in [4.78, 5) is 9.47. The number of hydrogen-bond acceptors (Lipinski definition) is 4. The van der Waals surface area contributed by atoms with Gasteiger partial charge in [0.15, 0.2) is 0 Å². The zero-order valence-corrected chi connectivity index (χ0v) is 28.8. The number of pyridine rings is 2. The van der Waals surface area contributed by atoms with E-state index in [1.807, 2.05) is 48.7 Å². The van der Waals surface area contributed by atoms with Crippen LogP contribution in [0.25, 0.3) is 66.0 Å². The predicted molar refractivity (Wildman–Crippen MR) is 188 cm³/mol. The first-order valence-electron chi connectivity index (χ1n) is 15.8. The molecular formula is C42H32N2O2Pt. The van der Waals surface area contributed by atoms with E-state index in [1.165, 1.54) is 16.7 Å². The van der Waals surface area contributed by atoms with Gasteiger partial charge in [0.1, 0.15) is 5.58 Å². The summed E-state index contributed by atoms with van der Waals surface area (Å²) < 4.78 is 13.1. The molecule has 0 aliphatic carbocycles. The molecule has 0 unspecified atom stereocenters. The van der Waals surface area contributed by atoms with Gasteiger partial charge < -0.3 is 19.1 Å². The molecule has 0 amide bonds. The van der Waals surface area contributed by atoms with Crippen LogP contribution in [0.3, 0.4) is 0 Å². The Kier molecular flexibility index (Phi) is 8.16. The molecule has 0 fully saturated rings. The van der Waals surface area contributed by atoms with Crippen molar-refractivity contribution in [1.29, 1.82) is 0 Å². The number of fused-ring (bicyclic) bond motifs is 7. The maximum Gasteiger partial charge on any atom is 2.00 e. The molecule has 47 heavy (non-hydrogen) atoms. The van der Waals surface area contributed by atoms with Gasteiger partial charge in [0.2, 0.25) is 0 Å². The molecule has 0 saturated carbocycles.